The van der Waals surface area contributed by atoms with E-state index in [4.69, 9.17) is 14.2 Å². The first-order valence-electron chi connectivity index (χ1n) is 9.64. The van der Waals surface area contributed by atoms with Gasteiger partial charge >= 0.3 is 0 Å². The molecule has 1 N–H and O–H groups in total. The highest BCUT2D eigenvalue weighted by Crippen LogP contribution is 2.30. The van der Waals surface area contributed by atoms with E-state index in [1.807, 2.05) is 6.07 Å². The van der Waals surface area contributed by atoms with Crippen LogP contribution in [0.5, 0.6) is 17.4 Å². The van der Waals surface area contributed by atoms with Crippen molar-refractivity contribution in [2.75, 3.05) is 25.5 Å². The number of nitrogens with one attached hydrogen (secondary N) is 1. The van der Waals surface area contributed by atoms with Crippen molar-refractivity contribution in [2.24, 2.45) is 5.92 Å². The summed E-state index contributed by atoms with van der Waals surface area (Å²) in [5.41, 5.74) is 1.68. The summed E-state index contributed by atoms with van der Waals surface area (Å²) in [6.07, 6.45) is 0. The second-order valence-corrected chi connectivity index (χ2v) is 8.82. The number of hydrogen-bond acceptors (Lipinski definition) is 7. The first kappa shape index (κ1) is 22.4. The number of hydrogen-bond donors (Lipinski definition) is 1. The smallest absolute Gasteiger partial charge is 0.265 e. The molecule has 0 unspecified atom stereocenters. The highest BCUT2D eigenvalue weighted by Gasteiger charge is 2.21. The number of sulfonamides is 1. The van der Waals surface area contributed by atoms with Gasteiger partial charge in [-0.3, -0.25) is 4.72 Å². The fraction of sp³-hybridized carbons (Fsp3) is 0.273. The summed E-state index contributed by atoms with van der Waals surface area (Å²) in [5.74, 6) is 1.45. The van der Waals surface area contributed by atoms with Gasteiger partial charge in [-0.05, 0) is 36.2 Å². The maximum atomic E-state index is 13.0. The molecular formula is C22H25N3O5S. The molecule has 0 atom stereocenters. The third kappa shape index (κ3) is 5.64. The Morgan fingerprint density at radius 3 is 2.42 bits per heavy atom. The molecule has 164 valence electrons. The van der Waals surface area contributed by atoms with Crippen molar-refractivity contribution in [2.45, 2.75) is 18.7 Å². The van der Waals surface area contributed by atoms with Crippen LogP contribution in [0.1, 0.15) is 13.8 Å². The van der Waals surface area contributed by atoms with Crippen LogP contribution in [-0.4, -0.2) is 39.4 Å². The average molecular weight is 444 g/mol. The van der Waals surface area contributed by atoms with Crippen molar-refractivity contribution >= 4 is 15.7 Å². The van der Waals surface area contributed by atoms with E-state index in [1.165, 1.54) is 20.3 Å². The fourth-order valence-electron chi connectivity index (χ4n) is 2.75. The topological polar surface area (TPSA) is 99.6 Å². The van der Waals surface area contributed by atoms with Crippen molar-refractivity contribution in [3.8, 4) is 28.6 Å². The van der Waals surface area contributed by atoms with Gasteiger partial charge in [0.15, 0.2) is 0 Å². The molecule has 8 nitrogen and oxygen atoms in total. The summed E-state index contributed by atoms with van der Waals surface area (Å²) >= 11 is 0. The predicted octanol–water partition coefficient (Wildman–Crippen LogP) is 4.00. The zero-order valence-electron chi connectivity index (χ0n) is 17.8. The maximum absolute atomic E-state index is 13.0. The summed E-state index contributed by atoms with van der Waals surface area (Å²) in [5, 5.41) is 8.26. The Bertz CT molecular complexity index is 1130. The normalized spacial score (nSPS) is 11.3. The Balaban J connectivity index is 1.84. The summed E-state index contributed by atoms with van der Waals surface area (Å²) < 4.78 is 44.4. The number of methoxy groups -OCH3 is 2. The van der Waals surface area contributed by atoms with E-state index < -0.39 is 10.0 Å². The van der Waals surface area contributed by atoms with Crippen LogP contribution in [0.3, 0.4) is 0 Å². The van der Waals surface area contributed by atoms with Crippen molar-refractivity contribution in [3.05, 3.63) is 54.6 Å². The van der Waals surface area contributed by atoms with Gasteiger partial charge in [-0.2, -0.15) is 0 Å². The highest BCUT2D eigenvalue weighted by atomic mass is 32.2. The van der Waals surface area contributed by atoms with Crippen LogP contribution in [0.25, 0.3) is 11.3 Å². The van der Waals surface area contributed by atoms with Crippen LogP contribution in [0.4, 0.5) is 5.69 Å². The summed E-state index contributed by atoms with van der Waals surface area (Å²) in [6.45, 7) is 4.66. The number of benzene rings is 2. The quantitative estimate of drug-likeness (QED) is 0.534. The molecule has 0 aliphatic heterocycles. The molecule has 9 heteroatoms. The van der Waals surface area contributed by atoms with Crippen LogP contribution in [0.15, 0.2) is 59.5 Å². The Kier molecular flexibility index (Phi) is 6.96. The Morgan fingerprint density at radius 2 is 1.77 bits per heavy atom. The lowest BCUT2D eigenvalue weighted by Gasteiger charge is -2.13. The molecule has 0 aliphatic rings. The van der Waals surface area contributed by atoms with E-state index >= 15 is 0 Å². The molecule has 2 aromatic carbocycles. The molecule has 0 spiro atoms. The van der Waals surface area contributed by atoms with Gasteiger partial charge in [0, 0.05) is 23.4 Å². The van der Waals surface area contributed by atoms with E-state index in [-0.39, 0.29) is 10.6 Å². The lowest BCUT2D eigenvalue weighted by Crippen LogP contribution is -2.14. The molecule has 0 saturated heterocycles. The van der Waals surface area contributed by atoms with Gasteiger partial charge in [-0.15, -0.1) is 10.2 Å². The monoisotopic (exact) mass is 443 g/mol. The zero-order chi connectivity index (χ0) is 22.4. The second kappa shape index (κ2) is 9.65. The molecular weight excluding hydrogens is 418 g/mol. The van der Waals surface area contributed by atoms with E-state index in [2.05, 4.69) is 28.8 Å². The molecule has 0 aliphatic carbocycles. The third-order valence-electron chi connectivity index (χ3n) is 4.28. The molecule has 3 rings (SSSR count). The van der Waals surface area contributed by atoms with Crippen molar-refractivity contribution < 1.29 is 22.6 Å². The number of aromatic nitrogens is 2. The molecule has 0 fully saturated rings. The lowest BCUT2D eigenvalue weighted by atomic mass is 10.1. The second-order valence-electron chi connectivity index (χ2n) is 7.16. The minimum absolute atomic E-state index is 0.0220. The number of nitrogens with zero attached hydrogens (tertiary/aromatic N) is 2. The van der Waals surface area contributed by atoms with Crippen molar-refractivity contribution in [1.29, 1.82) is 0 Å². The first-order chi connectivity index (χ1) is 14.8. The summed E-state index contributed by atoms with van der Waals surface area (Å²) in [7, 11) is -1.04. The number of rotatable bonds is 9. The van der Waals surface area contributed by atoms with E-state index in [1.54, 1.807) is 42.5 Å². The minimum atomic E-state index is -3.92. The maximum Gasteiger partial charge on any atom is 0.265 e. The van der Waals surface area contributed by atoms with Crippen molar-refractivity contribution in [3.63, 3.8) is 0 Å². The summed E-state index contributed by atoms with van der Waals surface area (Å²) in [6, 6.07) is 15.0. The molecule has 0 bridgehead atoms. The third-order valence-corrected chi connectivity index (χ3v) is 5.68. The van der Waals surface area contributed by atoms with E-state index in [9.17, 15) is 8.42 Å². The van der Waals surface area contributed by atoms with Gasteiger partial charge in [0.2, 0.25) is 5.88 Å². The Hall–Kier alpha value is -3.33. The van der Waals surface area contributed by atoms with Gasteiger partial charge in [0.05, 0.1) is 26.5 Å². The van der Waals surface area contributed by atoms with Crippen LogP contribution in [0, 0.1) is 5.92 Å². The molecule has 3 aromatic rings. The van der Waals surface area contributed by atoms with Gasteiger partial charge in [-0.1, -0.05) is 26.0 Å². The molecule has 0 saturated carbocycles. The molecule has 1 aromatic heterocycles. The average Bonchev–Trinajstić information content (AvgIpc) is 2.77. The van der Waals surface area contributed by atoms with Crippen LogP contribution in [-0.2, 0) is 10.0 Å². The largest absolute Gasteiger partial charge is 0.497 e. The van der Waals surface area contributed by atoms with Crippen LogP contribution in [0.2, 0.25) is 0 Å². The van der Waals surface area contributed by atoms with E-state index in [0.29, 0.717) is 41.1 Å². The van der Waals surface area contributed by atoms with Crippen LogP contribution >= 0.6 is 0 Å². The van der Waals surface area contributed by atoms with Gasteiger partial charge in [0.25, 0.3) is 10.0 Å². The Labute approximate surface area is 182 Å². The lowest BCUT2D eigenvalue weighted by molar-refractivity contribution is 0.258. The van der Waals surface area contributed by atoms with Crippen LogP contribution < -0.4 is 18.9 Å². The standard InChI is InChI=1S/C22H25N3O5S/c1-15(2)14-30-22-11-9-19(23-24-22)16-6-5-7-17(12-16)25-31(26,27)21-13-18(28-3)8-10-20(21)29-4/h5-13,15,25H,14H2,1-4H3. The summed E-state index contributed by atoms with van der Waals surface area (Å²) in [4.78, 5) is -0.0220. The predicted molar refractivity (Wildman–Crippen MR) is 118 cm³/mol. The Morgan fingerprint density at radius 1 is 0.968 bits per heavy atom. The molecule has 0 amide bonds. The van der Waals surface area contributed by atoms with Gasteiger partial charge in [-0.25, -0.2) is 8.42 Å². The zero-order valence-corrected chi connectivity index (χ0v) is 18.6. The van der Waals surface area contributed by atoms with Crippen molar-refractivity contribution in [1.82, 2.24) is 10.2 Å². The number of ether oxygens (including phenoxy) is 3. The molecule has 31 heavy (non-hydrogen) atoms. The van der Waals surface area contributed by atoms with Gasteiger partial charge in [0.1, 0.15) is 16.4 Å². The number of anilines is 1. The first-order valence-corrected chi connectivity index (χ1v) is 11.1. The molecule has 0 radical (unpaired) electrons. The fourth-order valence-corrected chi connectivity index (χ4v) is 3.98. The van der Waals surface area contributed by atoms with Gasteiger partial charge < -0.3 is 14.2 Å². The SMILES string of the molecule is COc1ccc(OC)c(S(=O)(=O)Nc2cccc(-c3ccc(OCC(C)C)nn3)c2)c1. The minimum Gasteiger partial charge on any atom is -0.497 e. The van der Waals surface area contributed by atoms with E-state index in [0.717, 1.165) is 0 Å². The highest BCUT2D eigenvalue weighted by molar-refractivity contribution is 7.92. The molecule has 1 heterocycles.